The molecule has 0 amide bonds. The van der Waals surface area contributed by atoms with E-state index in [2.05, 4.69) is 4.98 Å². The van der Waals surface area contributed by atoms with E-state index in [9.17, 15) is 13.5 Å². The van der Waals surface area contributed by atoms with Gasteiger partial charge in [-0.3, -0.25) is 4.98 Å². The van der Waals surface area contributed by atoms with Crippen molar-refractivity contribution in [2.75, 3.05) is 12.4 Å². The average Bonchev–Trinajstić information content (AvgIpc) is 2.44. The van der Waals surface area contributed by atoms with Crippen molar-refractivity contribution in [2.45, 2.75) is 44.0 Å². The first kappa shape index (κ1) is 15.3. The predicted molar refractivity (Wildman–Crippen MR) is 76.4 cm³/mol. The van der Waals surface area contributed by atoms with Crippen molar-refractivity contribution in [1.82, 2.24) is 4.98 Å². The molecule has 20 heavy (non-hydrogen) atoms. The van der Waals surface area contributed by atoms with E-state index < -0.39 is 21.2 Å². The molecule has 2 heterocycles. The number of pyridine rings is 1. The van der Waals surface area contributed by atoms with E-state index in [1.54, 1.807) is 12.3 Å². The largest absolute Gasteiger partial charge is 0.492 e. The summed E-state index contributed by atoms with van der Waals surface area (Å²) in [5, 5.41) is 9.63. The smallest absolute Gasteiger partial charge is 0.156 e. The van der Waals surface area contributed by atoms with Crippen LogP contribution in [0, 0.1) is 0 Å². The second-order valence-electron chi connectivity index (χ2n) is 5.15. The van der Waals surface area contributed by atoms with Crippen LogP contribution >= 0.6 is 0 Å². The van der Waals surface area contributed by atoms with Gasteiger partial charge in [0.05, 0.1) is 29.9 Å². The van der Waals surface area contributed by atoms with Gasteiger partial charge >= 0.3 is 0 Å². The van der Waals surface area contributed by atoms with Crippen LogP contribution in [0.3, 0.4) is 0 Å². The molecule has 2 unspecified atom stereocenters. The summed E-state index contributed by atoms with van der Waals surface area (Å²) in [5.41, 5.74) is 0.508. The Morgan fingerprint density at radius 3 is 2.95 bits per heavy atom. The van der Waals surface area contributed by atoms with Gasteiger partial charge in [0.2, 0.25) is 0 Å². The first-order valence-electron chi connectivity index (χ1n) is 7.02. The Morgan fingerprint density at radius 1 is 1.45 bits per heavy atom. The topological polar surface area (TPSA) is 76.5 Å². The van der Waals surface area contributed by atoms with Crippen LogP contribution in [0.25, 0.3) is 0 Å². The van der Waals surface area contributed by atoms with Crippen molar-refractivity contribution < 1.29 is 18.3 Å². The molecule has 0 bridgehead atoms. The number of sulfone groups is 1. The maximum Gasteiger partial charge on any atom is 0.156 e. The molecule has 6 heteroatoms. The van der Waals surface area contributed by atoms with E-state index in [4.69, 9.17) is 4.74 Å². The number of aliphatic hydroxyl groups excluding tert-OH is 1. The van der Waals surface area contributed by atoms with Crippen molar-refractivity contribution in [3.8, 4) is 5.75 Å². The van der Waals surface area contributed by atoms with Crippen molar-refractivity contribution in [2.24, 2.45) is 0 Å². The SMILES string of the molecule is CCCOc1cncc(C(O)C2CCCCS2(=O)=O)c1. The molecule has 0 saturated carbocycles. The van der Waals surface area contributed by atoms with Crippen LogP contribution in [0.1, 0.15) is 44.3 Å². The molecular weight excluding hydrogens is 278 g/mol. The minimum atomic E-state index is -3.22. The Labute approximate surface area is 119 Å². The van der Waals surface area contributed by atoms with E-state index in [0.717, 1.165) is 12.8 Å². The fourth-order valence-electron chi connectivity index (χ4n) is 2.44. The summed E-state index contributed by atoms with van der Waals surface area (Å²) >= 11 is 0. The Hall–Kier alpha value is -1.14. The second kappa shape index (κ2) is 6.54. The number of hydrogen-bond donors (Lipinski definition) is 1. The first-order valence-corrected chi connectivity index (χ1v) is 8.73. The highest BCUT2D eigenvalue weighted by Crippen LogP contribution is 2.31. The van der Waals surface area contributed by atoms with Gasteiger partial charge in [0.1, 0.15) is 5.75 Å². The average molecular weight is 299 g/mol. The van der Waals surface area contributed by atoms with Crippen molar-refractivity contribution >= 4 is 9.84 Å². The molecule has 5 nitrogen and oxygen atoms in total. The lowest BCUT2D eigenvalue weighted by Gasteiger charge is -2.26. The second-order valence-corrected chi connectivity index (χ2v) is 7.49. The first-order chi connectivity index (χ1) is 9.54. The van der Waals surface area contributed by atoms with Gasteiger partial charge < -0.3 is 9.84 Å². The molecular formula is C14H21NO4S. The van der Waals surface area contributed by atoms with Crippen LogP contribution in [0.2, 0.25) is 0 Å². The highest BCUT2D eigenvalue weighted by atomic mass is 32.2. The minimum absolute atomic E-state index is 0.161. The Kier molecular flexibility index (Phi) is 4.99. The molecule has 112 valence electrons. The standard InChI is InChI=1S/C14H21NO4S/c1-2-6-19-12-8-11(9-15-10-12)14(16)13-5-3-4-7-20(13,17)18/h8-10,13-14,16H,2-7H2,1H3. The lowest BCUT2D eigenvalue weighted by atomic mass is 10.0. The van der Waals surface area contributed by atoms with Crippen LogP contribution in [-0.4, -0.2) is 36.1 Å². The fourth-order valence-corrected chi connectivity index (χ4v) is 4.43. The number of nitrogens with zero attached hydrogens (tertiary/aromatic N) is 1. The molecule has 0 radical (unpaired) electrons. The summed E-state index contributed by atoms with van der Waals surface area (Å²) in [6.45, 7) is 2.57. The van der Waals surface area contributed by atoms with Gasteiger partial charge in [-0.15, -0.1) is 0 Å². The maximum absolute atomic E-state index is 12.0. The third-order valence-electron chi connectivity index (χ3n) is 3.53. The van der Waals surface area contributed by atoms with Gasteiger partial charge in [-0.1, -0.05) is 13.3 Å². The molecule has 1 fully saturated rings. The molecule has 1 aromatic rings. The van der Waals surface area contributed by atoms with Crippen LogP contribution in [0.5, 0.6) is 5.75 Å². The predicted octanol–water partition coefficient (Wildman–Crippen LogP) is 1.87. The van der Waals surface area contributed by atoms with Gasteiger partial charge in [-0.25, -0.2) is 8.42 Å². The van der Waals surface area contributed by atoms with Gasteiger partial charge in [0.15, 0.2) is 9.84 Å². The monoisotopic (exact) mass is 299 g/mol. The van der Waals surface area contributed by atoms with E-state index in [1.807, 2.05) is 6.92 Å². The third kappa shape index (κ3) is 3.49. The molecule has 0 aromatic carbocycles. The number of aliphatic hydroxyl groups is 1. The van der Waals surface area contributed by atoms with E-state index in [-0.39, 0.29) is 5.75 Å². The zero-order chi connectivity index (χ0) is 14.6. The number of rotatable bonds is 5. The van der Waals surface area contributed by atoms with E-state index >= 15 is 0 Å². The third-order valence-corrected chi connectivity index (χ3v) is 5.80. The number of hydrogen-bond acceptors (Lipinski definition) is 5. The van der Waals surface area contributed by atoms with E-state index in [1.165, 1.54) is 6.20 Å². The molecule has 1 N–H and O–H groups in total. The summed E-state index contributed by atoms with van der Waals surface area (Å²) in [4.78, 5) is 4.02. The van der Waals surface area contributed by atoms with Crippen molar-refractivity contribution in [1.29, 1.82) is 0 Å². The van der Waals surface area contributed by atoms with Crippen molar-refractivity contribution in [3.05, 3.63) is 24.0 Å². The van der Waals surface area contributed by atoms with Crippen LogP contribution in [0.15, 0.2) is 18.5 Å². The number of aromatic nitrogens is 1. The molecule has 2 atom stereocenters. The Morgan fingerprint density at radius 2 is 2.25 bits per heavy atom. The Bertz CT molecular complexity index is 544. The number of ether oxygens (including phenoxy) is 1. The van der Waals surface area contributed by atoms with Crippen LogP contribution < -0.4 is 4.74 Å². The summed E-state index contributed by atoms with van der Waals surface area (Å²) in [6.07, 6.45) is 4.95. The van der Waals surface area contributed by atoms with Gasteiger partial charge in [0, 0.05) is 11.8 Å². The zero-order valence-electron chi connectivity index (χ0n) is 11.7. The molecule has 1 aromatic heterocycles. The molecule has 1 aliphatic heterocycles. The molecule has 1 aliphatic rings. The molecule has 0 aliphatic carbocycles. The van der Waals surface area contributed by atoms with Gasteiger partial charge in [-0.2, -0.15) is 0 Å². The molecule has 0 spiro atoms. The summed E-state index contributed by atoms with van der Waals surface area (Å²) in [7, 11) is -3.22. The van der Waals surface area contributed by atoms with Crippen LogP contribution in [-0.2, 0) is 9.84 Å². The summed E-state index contributed by atoms with van der Waals surface area (Å²) in [6, 6.07) is 1.68. The normalized spacial score (nSPS) is 23.2. The van der Waals surface area contributed by atoms with Crippen molar-refractivity contribution in [3.63, 3.8) is 0 Å². The van der Waals surface area contributed by atoms with E-state index in [0.29, 0.717) is 30.8 Å². The summed E-state index contributed by atoms with van der Waals surface area (Å²) < 4.78 is 29.5. The fraction of sp³-hybridized carbons (Fsp3) is 0.643. The minimum Gasteiger partial charge on any atom is -0.492 e. The quantitative estimate of drug-likeness (QED) is 0.898. The lowest BCUT2D eigenvalue weighted by Crippen LogP contribution is -2.33. The highest BCUT2D eigenvalue weighted by molar-refractivity contribution is 7.92. The molecule has 2 rings (SSSR count). The van der Waals surface area contributed by atoms with Gasteiger partial charge in [-0.05, 0) is 25.3 Å². The maximum atomic E-state index is 12.0. The highest BCUT2D eigenvalue weighted by Gasteiger charge is 2.35. The summed E-state index contributed by atoms with van der Waals surface area (Å²) in [5.74, 6) is 0.727. The van der Waals surface area contributed by atoms with Crippen LogP contribution in [0.4, 0.5) is 0 Å². The lowest BCUT2D eigenvalue weighted by molar-refractivity contribution is 0.163. The zero-order valence-corrected chi connectivity index (χ0v) is 12.5. The molecule has 1 saturated heterocycles. The Balaban J connectivity index is 2.17. The van der Waals surface area contributed by atoms with Gasteiger partial charge in [0.25, 0.3) is 0 Å².